The Morgan fingerprint density at radius 3 is 2.85 bits per heavy atom. The lowest BCUT2D eigenvalue weighted by atomic mass is 10.1. The summed E-state index contributed by atoms with van der Waals surface area (Å²) in [6, 6.07) is 15.9. The standard InChI is InChI=1S/C16H12BrClN2/c17-12-3-1-4-13(9-12)20-10-11-6-7-15(18)14-5-2-8-19-16(11)14/h1-9,20H,10H2. The van der Waals surface area contributed by atoms with E-state index in [2.05, 4.69) is 26.2 Å². The van der Waals surface area contributed by atoms with Gasteiger partial charge in [-0.25, -0.2) is 0 Å². The molecule has 0 atom stereocenters. The van der Waals surface area contributed by atoms with E-state index in [9.17, 15) is 0 Å². The van der Waals surface area contributed by atoms with Gasteiger partial charge in [0.05, 0.1) is 5.52 Å². The number of nitrogens with zero attached hydrogens (tertiary/aromatic N) is 1. The van der Waals surface area contributed by atoms with Gasteiger partial charge in [-0.3, -0.25) is 4.98 Å². The fourth-order valence-corrected chi connectivity index (χ4v) is 2.75. The SMILES string of the molecule is Clc1ccc(CNc2cccc(Br)c2)c2ncccc12. The van der Waals surface area contributed by atoms with Crippen LogP contribution in [0.1, 0.15) is 5.56 Å². The van der Waals surface area contributed by atoms with Crippen molar-refractivity contribution < 1.29 is 0 Å². The molecule has 0 fully saturated rings. The third kappa shape index (κ3) is 2.79. The summed E-state index contributed by atoms with van der Waals surface area (Å²) in [6.45, 7) is 0.709. The Morgan fingerprint density at radius 2 is 2.00 bits per heavy atom. The van der Waals surface area contributed by atoms with Crippen LogP contribution in [0.25, 0.3) is 10.9 Å². The van der Waals surface area contributed by atoms with E-state index >= 15 is 0 Å². The molecule has 0 aliphatic carbocycles. The van der Waals surface area contributed by atoms with Gasteiger partial charge < -0.3 is 5.32 Å². The van der Waals surface area contributed by atoms with E-state index in [1.165, 1.54) is 0 Å². The Hall–Kier alpha value is -1.58. The number of benzene rings is 2. The van der Waals surface area contributed by atoms with Gasteiger partial charge in [0.1, 0.15) is 0 Å². The zero-order valence-corrected chi connectivity index (χ0v) is 12.9. The molecule has 100 valence electrons. The van der Waals surface area contributed by atoms with E-state index < -0.39 is 0 Å². The first-order chi connectivity index (χ1) is 9.74. The second kappa shape index (κ2) is 5.81. The second-order valence-electron chi connectivity index (χ2n) is 4.47. The lowest BCUT2D eigenvalue weighted by Crippen LogP contribution is -2.01. The first-order valence-corrected chi connectivity index (χ1v) is 7.43. The monoisotopic (exact) mass is 346 g/mol. The van der Waals surface area contributed by atoms with Gasteiger partial charge >= 0.3 is 0 Å². The molecule has 0 unspecified atom stereocenters. The van der Waals surface area contributed by atoms with Crippen molar-refractivity contribution in [1.82, 2.24) is 4.98 Å². The maximum atomic E-state index is 6.20. The average molecular weight is 348 g/mol. The Kier molecular flexibility index (Phi) is 3.90. The Balaban J connectivity index is 1.90. The molecule has 0 bridgehead atoms. The molecule has 2 aromatic carbocycles. The van der Waals surface area contributed by atoms with Crippen molar-refractivity contribution in [3.63, 3.8) is 0 Å². The third-order valence-corrected chi connectivity index (χ3v) is 3.93. The van der Waals surface area contributed by atoms with Crippen LogP contribution in [0.3, 0.4) is 0 Å². The highest BCUT2D eigenvalue weighted by Gasteiger charge is 2.05. The van der Waals surface area contributed by atoms with Gasteiger partial charge in [0, 0.05) is 33.3 Å². The van der Waals surface area contributed by atoms with Crippen molar-refractivity contribution in [2.75, 3.05) is 5.32 Å². The van der Waals surface area contributed by atoms with Crippen LogP contribution in [-0.2, 0) is 6.54 Å². The molecule has 0 amide bonds. The molecule has 1 heterocycles. The fourth-order valence-electron chi connectivity index (χ4n) is 2.13. The quantitative estimate of drug-likeness (QED) is 0.699. The summed E-state index contributed by atoms with van der Waals surface area (Å²) in [7, 11) is 0. The molecule has 0 spiro atoms. The van der Waals surface area contributed by atoms with E-state index in [0.29, 0.717) is 6.54 Å². The summed E-state index contributed by atoms with van der Waals surface area (Å²) < 4.78 is 1.06. The van der Waals surface area contributed by atoms with E-state index in [4.69, 9.17) is 11.6 Å². The molecule has 3 rings (SSSR count). The minimum atomic E-state index is 0.709. The fraction of sp³-hybridized carbons (Fsp3) is 0.0625. The molecule has 1 aromatic heterocycles. The lowest BCUT2D eigenvalue weighted by molar-refractivity contribution is 1.15. The summed E-state index contributed by atoms with van der Waals surface area (Å²) in [5.41, 5.74) is 3.14. The van der Waals surface area contributed by atoms with Crippen LogP contribution in [0.15, 0.2) is 59.2 Å². The maximum Gasteiger partial charge on any atom is 0.0766 e. The largest absolute Gasteiger partial charge is 0.381 e. The number of nitrogens with one attached hydrogen (secondary N) is 1. The van der Waals surface area contributed by atoms with Crippen molar-refractivity contribution in [2.24, 2.45) is 0 Å². The molecule has 1 N–H and O–H groups in total. The highest BCUT2D eigenvalue weighted by Crippen LogP contribution is 2.25. The molecule has 0 saturated heterocycles. The maximum absolute atomic E-state index is 6.20. The molecular formula is C16H12BrClN2. The predicted molar refractivity (Wildman–Crippen MR) is 88.2 cm³/mol. The van der Waals surface area contributed by atoms with Crippen LogP contribution in [0.2, 0.25) is 5.02 Å². The Labute approximate surface area is 130 Å². The number of fused-ring (bicyclic) bond motifs is 1. The molecule has 0 aliphatic heterocycles. The molecule has 3 aromatic rings. The highest BCUT2D eigenvalue weighted by molar-refractivity contribution is 9.10. The molecular weight excluding hydrogens is 336 g/mol. The third-order valence-electron chi connectivity index (χ3n) is 3.11. The van der Waals surface area contributed by atoms with Crippen LogP contribution in [0, 0.1) is 0 Å². The molecule has 2 nitrogen and oxygen atoms in total. The van der Waals surface area contributed by atoms with Gasteiger partial charge in [0.2, 0.25) is 0 Å². The van der Waals surface area contributed by atoms with Crippen LogP contribution in [0.4, 0.5) is 5.69 Å². The minimum Gasteiger partial charge on any atom is -0.381 e. The van der Waals surface area contributed by atoms with Gasteiger partial charge in [-0.1, -0.05) is 39.7 Å². The number of pyridine rings is 1. The number of hydrogen-bond acceptors (Lipinski definition) is 2. The number of hydrogen-bond donors (Lipinski definition) is 1. The second-order valence-corrected chi connectivity index (χ2v) is 5.79. The van der Waals surface area contributed by atoms with Gasteiger partial charge in [0.25, 0.3) is 0 Å². The van der Waals surface area contributed by atoms with Crippen LogP contribution in [-0.4, -0.2) is 4.98 Å². The number of halogens is 2. The van der Waals surface area contributed by atoms with Crippen LogP contribution < -0.4 is 5.32 Å². The summed E-state index contributed by atoms with van der Waals surface area (Å²) in [4.78, 5) is 4.44. The molecule has 0 aliphatic rings. The first-order valence-electron chi connectivity index (χ1n) is 6.25. The summed E-state index contributed by atoms with van der Waals surface area (Å²) in [5, 5.41) is 5.12. The van der Waals surface area contributed by atoms with Gasteiger partial charge in [-0.05, 0) is 42.0 Å². The average Bonchev–Trinajstić information content (AvgIpc) is 2.47. The van der Waals surface area contributed by atoms with Gasteiger partial charge in [-0.15, -0.1) is 0 Å². The van der Waals surface area contributed by atoms with E-state index in [1.54, 1.807) is 6.20 Å². The molecule has 0 saturated carbocycles. The van der Waals surface area contributed by atoms with Crippen LogP contribution >= 0.6 is 27.5 Å². The summed E-state index contributed by atoms with van der Waals surface area (Å²) in [6.07, 6.45) is 1.79. The van der Waals surface area contributed by atoms with Crippen molar-refractivity contribution in [3.8, 4) is 0 Å². The Morgan fingerprint density at radius 1 is 1.10 bits per heavy atom. The number of rotatable bonds is 3. The lowest BCUT2D eigenvalue weighted by Gasteiger charge is -2.10. The topological polar surface area (TPSA) is 24.9 Å². The zero-order valence-electron chi connectivity index (χ0n) is 10.6. The molecule has 20 heavy (non-hydrogen) atoms. The Bertz CT molecular complexity index is 758. The number of aromatic nitrogens is 1. The zero-order chi connectivity index (χ0) is 13.9. The van der Waals surface area contributed by atoms with E-state index in [0.717, 1.165) is 31.6 Å². The summed E-state index contributed by atoms with van der Waals surface area (Å²) in [5.74, 6) is 0. The van der Waals surface area contributed by atoms with Crippen LogP contribution in [0.5, 0.6) is 0 Å². The van der Waals surface area contributed by atoms with Crippen molar-refractivity contribution in [3.05, 3.63) is 69.8 Å². The molecule has 4 heteroatoms. The van der Waals surface area contributed by atoms with Crippen molar-refractivity contribution in [1.29, 1.82) is 0 Å². The summed E-state index contributed by atoms with van der Waals surface area (Å²) >= 11 is 9.67. The van der Waals surface area contributed by atoms with E-state index in [-0.39, 0.29) is 0 Å². The van der Waals surface area contributed by atoms with Crippen molar-refractivity contribution >= 4 is 44.1 Å². The molecule has 0 radical (unpaired) electrons. The normalized spacial score (nSPS) is 10.7. The first kappa shape index (κ1) is 13.4. The highest BCUT2D eigenvalue weighted by atomic mass is 79.9. The smallest absolute Gasteiger partial charge is 0.0766 e. The predicted octanol–water partition coefficient (Wildman–Crippen LogP) is 5.26. The number of anilines is 1. The van der Waals surface area contributed by atoms with Gasteiger partial charge in [-0.2, -0.15) is 0 Å². The van der Waals surface area contributed by atoms with E-state index in [1.807, 2.05) is 48.5 Å². The van der Waals surface area contributed by atoms with Crippen molar-refractivity contribution in [2.45, 2.75) is 6.54 Å². The minimum absolute atomic E-state index is 0.709. The van der Waals surface area contributed by atoms with Gasteiger partial charge in [0.15, 0.2) is 0 Å².